The van der Waals surface area contributed by atoms with Crippen molar-refractivity contribution in [2.45, 2.75) is 25.4 Å². The van der Waals surface area contributed by atoms with E-state index in [4.69, 9.17) is 4.99 Å². The molecule has 4 nitrogen and oxygen atoms in total. The quantitative estimate of drug-likeness (QED) is 0.345. The van der Waals surface area contributed by atoms with Crippen LogP contribution in [-0.4, -0.2) is 5.71 Å². The predicted octanol–water partition coefficient (Wildman–Crippen LogP) is 7.29. The fourth-order valence-electron chi connectivity index (χ4n) is 5.36. The van der Waals surface area contributed by atoms with Gasteiger partial charge in [-0.1, -0.05) is 98.8 Å². The van der Waals surface area contributed by atoms with Gasteiger partial charge in [-0.25, -0.2) is 0 Å². The molecule has 0 aliphatic carbocycles. The van der Waals surface area contributed by atoms with Crippen LogP contribution < -0.4 is 10.2 Å². The van der Waals surface area contributed by atoms with Gasteiger partial charge in [0.25, 0.3) is 0 Å². The molecule has 0 aromatic heterocycles. The van der Waals surface area contributed by atoms with Crippen LogP contribution in [0.5, 0.6) is 0 Å². The number of fused-ring (bicyclic) bond motifs is 2. The van der Waals surface area contributed by atoms with Gasteiger partial charge in [-0.2, -0.15) is 5.26 Å². The standard InChI is InChI=1S/C32H26N4/c1-32(2)25-15-7-10-18-29(25)36(30-19-11-8-16-26(30)32)28-17-9-6-14-24(28)31-34-23(21-33)20-27(35-31)22-12-4-3-5-13-22/h3-20,31,34H,1-2H3. The van der Waals surface area contributed by atoms with Crippen molar-refractivity contribution >= 4 is 22.8 Å². The molecule has 6 rings (SSSR count). The van der Waals surface area contributed by atoms with Crippen LogP contribution in [0.4, 0.5) is 17.1 Å². The number of hydrogen-bond donors (Lipinski definition) is 1. The summed E-state index contributed by atoms with van der Waals surface area (Å²) in [7, 11) is 0. The van der Waals surface area contributed by atoms with Crippen LogP contribution in [0.2, 0.25) is 0 Å². The summed E-state index contributed by atoms with van der Waals surface area (Å²) < 4.78 is 0. The Morgan fingerprint density at radius 1 is 0.750 bits per heavy atom. The van der Waals surface area contributed by atoms with Gasteiger partial charge in [-0.05, 0) is 41.0 Å². The Labute approximate surface area is 211 Å². The minimum absolute atomic E-state index is 0.128. The molecular formula is C32H26N4. The van der Waals surface area contributed by atoms with Crippen LogP contribution in [-0.2, 0) is 5.41 Å². The number of anilines is 3. The molecule has 0 saturated heterocycles. The monoisotopic (exact) mass is 466 g/mol. The summed E-state index contributed by atoms with van der Waals surface area (Å²) in [6.45, 7) is 4.58. The van der Waals surface area contributed by atoms with Crippen LogP contribution >= 0.6 is 0 Å². The first-order chi connectivity index (χ1) is 17.6. The van der Waals surface area contributed by atoms with Gasteiger partial charge in [-0.15, -0.1) is 0 Å². The second kappa shape index (κ2) is 8.55. The molecule has 1 N–H and O–H groups in total. The topological polar surface area (TPSA) is 51.4 Å². The zero-order chi connectivity index (χ0) is 24.7. The van der Waals surface area contributed by atoms with Gasteiger partial charge in [0, 0.05) is 11.0 Å². The number of aliphatic imine (C=N–C) groups is 1. The molecule has 0 saturated carbocycles. The van der Waals surface area contributed by atoms with E-state index in [2.05, 4.69) is 96.9 Å². The lowest BCUT2D eigenvalue weighted by Crippen LogP contribution is -2.32. The first-order valence-electron chi connectivity index (χ1n) is 12.2. The number of rotatable bonds is 3. The third kappa shape index (κ3) is 3.49. The molecule has 4 aromatic rings. The molecule has 36 heavy (non-hydrogen) atoms. The Balaban J connectivity index is 1.54. The summed E-state index contributed by atoms with van der Waals surface area (Å²) in [4.78, 5) is 7.41. The highest BCUT2D eigenvalue weighted by molar-refractivity contribution is 6.10. The summed E-state index contributed by atoms with van der Waals surface area (Å²) >= 11 is 0. The molecule has 2 aliphatic rings. The average molecular weight is 467 g/mol. The van der Waals surface area contributed by atoms with Gasteiger partial charge in [0.2, 0.25) is 0 Å². The van der Waals surface area contributed by atoms with Crippen molar-refractivity contribution in [1.29, 1.82) is 5.26 Å². The number of allylic oxidation sites excluding steroid dienone is 2. The summed E-state index contributed by atoms with van der Waals surface area (Å²) in [5.74, 6) is 0. The largest absolute Gasteiger partial charge is 0.351 e. The Morgan fingerprint density at radius 3 is 1.94 bits per heavy atom. The lowest BCUT2D eigenvalue weighted by molar-refractivity contribution is 0.624. The third-order valence-corrected chi connectivity index (χ3v) is 7.14. The summed E-state index contributed by atoms with van der Waals surface area (Å²) in [6, 6.07) is 37.9. The zero-order valence-electron chi connectivity index (χ0n) is 20.3. The lowest BCUT2D eigenvalue weighted by atomic mass is 9.73. The second-order valence-corrected chi connectivity index (χ2v) is 9.65. The number of nitrogens with zero attached hydrogens (tertiary/aromatic N) is 3. The SMILES string of the molecule is CC1(C)c2ccccc2N(c2ccccc2C2N=C(c3ccccc3)C=C(C#N)N2)c2ccccc21. The maximum Gasteiger partial charge on any atom is 0.147 e. The molecule has 0 amide bonds. The summed E-state index contributed by atoms with van der Waals surface area (Å²) in [6.07, 6.45) is 1.42. The molecule has 0 bridgehead atoms. The molecule has 0 radical (unpaired) electrons. The van der Waals surface area contributed by atoms with Gasteiger partial charge in [0.05, 0.1) is 22.8 Å². The molecular weight excluding hydrogens is 440 g/mol. The van der Waals surface area contributed by atoms with Crippen LogP contribution in [0.25, 0.3) is 0 Å². The normalized spacial score (nSPS) is 17.6. The van der Waals surface area contributed by atoms with Crippen molar-refractivity contribution in [3.63, 3.8) is 0 Å². The van der Waals surface area contributed by atoms with Gasteiger partial charge < -0.3 is 10.2 Å². The van der Waals surface area contributed by atoms with Crippen LogP contribution in [0, 0.1) is 11.3 Å². The number of para-hydroxylation sites is 3. The van der Waals surface area contributed by atoms with Gasteiger partial charge in [-0.3, -0.25) is 4.99 Å². The molecule has 4 heteroatoms. The first-order valence-corrected chi connectivity index (χ1v) is 12.2. The van der Waals surface area contributed by atoms with E-state index in [1.807, 2.05) is 42.5 Å². The highest BCUT2D eigenvalue weighted by Crippen LogP contribution is 2.52. The molecule has 2 aliphatic heterocycles. The highest BCUT2D eigenvalue weighted by atomic mass is 15.2. The number of hydrogen-bond acceptors (Lipinski definition) is 4. The van der Waals surface area contributed by atoms with Gasteiger partial charge in [0.15, 0.2) is 0 Å². The molecule has 2 heterocycles. The Morgan fingerprint density at radius 2 is 1.31 bits per heavy atom. The van der Waals surface area contributed by atoms with Crippen molar-refractivity contribution in [3.8, 4) is 6.07 Å². The van der Waals surface area contributed by atoms with E-state index >= 15 is 0 Å². The van der Waals surface area contributed by atoms with Crippen molar-refractivity contribution in [2.75, 3.05) is 4.90 Å². The molecule has 4 aromatic carbocycles. The second-order valence-electron chi connectivity index (χ2n) is 9.65. The van der Waals surface area contributed by atoms with E-state index in [-0.39, 0.29) is 5.41 Å². The fourth-order valence-corrected chi connectivity index (χ4v) is 5.36. The lowest BCUT2D eigenvalue weighted by Gasteiger charge is -2.42. The smallest absolute Gasteiger partial charge is 0.147 e. The van der Waals surface area contributed by atoms with Gasteiger partial charge in [0.1, 0.15) is 17.9 Å². The maximum absolute atomic E-state index is 9.81. The minimum Gasteiger partial charge on any atom is -0.351 e. The Kier molecular flexibility index (Phi) is 5.20. The molecule has 0 spiro atoms. The summed E-state index contributed by atoms with van der Waals surface area (Å²) in [5, 5.41) is 13.2. The van der Waals surface area contributed by atoms with E-state index in [0.29, 0.717) is 5.70 Å². The fraction of sp³-hybridized carbons (Fsp3) is 0.125. The third-order valence-electron chi connectivity index (χ3n) is 7.14. The van der Waals surface area contributed by atoms with E-state index in [9.17, 15) is 5.26 Å². The van der Waals surface area contributed by atoms with Crippen molar-refractivity contribution in [2.24, 2.45) is 4.99 Å². The number of nitriles is 1. The maximum atomic E-state index is 9.81. The van der Waals surface area contributed by atoms with E-state index in [0.717, 1.165) is 33.9 Å². The Hall–Kier alpha value is -4.62. The predicted molar refractivity (Wildman–Crippen MR) is 146 cm³/mol. The number of nitrogens with one attached hydrogen (secondary N) is 1. The number of benzene rings is 4. The van der Waals surface area contributed by atoms with Gasteiger partial charge >= 0.3 is 0 Å². The van der Waals surface area contributed by atoms with Crippen molar-refractivity contribution in [1.82, 2.24) is 5.32 Å². The molecule has 1 unspecified atom stereocenters. The van der Waals surface area contributed by atoms with Crippen LogP contribution in [0.3, 0.4) is 0 Å². The molecule has 1 atom stereocenters. The average Bonchev–Trinajstić information content (AvgIpc) is 2.94. The molecule has 0 fully saturated rings. The highest BCUT2D eigenvalue weighted by Gasteiger charge is 2.37. The van der Waals surface area contributed by atoms with Crippen molar-refractivity contribution in [3.05, 3.63) is 137 Å². The zero-order valence-corrected chi connectivity index (χ0v) is 20.3. The van der Waals surface area contributed by atoms with E-state index in [1.54, 1.807) is 0 Å². The van der Waals surface area contributed by atoms with Crippen molar-refractivity contribution < 1.29 is 0 Å². The van der Waals surface area contributed by atoms with E-state index in [1.165, 1.54) is 11.1 Å². The minimum atomic E-state index is -0.398. The molecule has 174 valence electrons. The summed E-state index contributed by atoms with van der Waals surface area (Å²) in [5.41, 5.74) is 9.09. The Bertz CT molecular complexity index is 1510. The van der Waals surface area contributed by atoms with Crippen LogP contribution in [0.15, 0.2) is 120 Å². The van der Waals surface area contributed by atoms with Crippen LogP contribution in [0.1, 0.15) is 42.3 Å². The van der Waals surface area contributed by atoms with E-state index < -0.39 is 6.17 Å². The first kappa shape index (κ1) is 21.9.